The number of rotatable bonds is 3. The maximum absolute atomic E-state index is 11.3. The van der Waals surface area contributed by atoms with Crippen molar-refractivity contribution < 1.29 is 14.6 Å². The molecule has 0 aliphatic rings. The number of carbonyl (C=O) groups excluding carboxylic acids is 1. The Balaban J connectivity index is 2.99. The van der Waals surface area contributed by atoms with E-state index in [2.05, 4.69) is 10.8 Å². The first-order chi connectivity index (χ1) is 7.56. The molecule has 1 rings (SSSR count). The normalized spacial score (nSPS) is 11.6. The van der Waals surface area contributed by atoms with Crippen molar-refractivity contribution in [3.8, 4) is 11.8 Å². The van der Waals surface area contributed by atoms with Crippen LogP contribution >= 0.6 is 0 Å². The fraction of sp³-hybridized carbons (Fsp3) is 0.333. The standard InChI is InChI=1S/C12H13NO3/c1-8(7-13)3-9-4-10(12(15)16-2)6-11(14)5-9/h4-6,8,14H,3H2,1-2H3. The van der Waals surface area contributed by atoms with Crippen LogP contribution in [-0.4, -0.2) is 18.2 Å². The van der Waals surface area contributed by atoms with E-state index in [0.29, 0.717) is 12.0 Å². The van der Waals surface area contributed by atoms with E-state index in [1.807, 2.05) is 0 Å². The molecule has 0 aromatic heterocycles. The number of esters is 1. The summed E-state index contributed by atoms with van der Waals surface area (Å²) in [6.45, 7) is 1.78. The molecule has 16 heavy (non-hydrogen) atoms. The first kappa shape index (κ1) is 12.1. The highest BCUT2D eigenvalue weighted by molar-refractivity contribution is 5.90. The van der Waals surface area contributed by atoms with Gasteiger partial charge >= 0.3 is 5.97 Å². The maximum Gasteiger partial charge on any atom is 0.337 e. The molecule has 1 aromatic rings. The van der Waals surface area contributed by atoms with E-state index >= 15 is 0 Å². The van der Waals surface area contributed by atoms with Gasteiger partial charge in [0.25, 0.3) is 0 Å². The number of hydrogen-bond acceptors (Lipinski definition) is 4. The van der Waals surface area contributed by atoms with Crippen molar-refractivity contribution in [2.75, 3.05) is 7.11 Å². The van der Waals surface area contributed by atoms with Gasteiger partial charge in [0.05, 0.1) is 18.7 Å². The third kappa shape index (κ3) is 2.99. The molecular weight excluding hydrogens is 206 g/mol. The van der Waals surface area contributed by atoms with E-state index in [1.54, 1.807) is 19.1 Å². The van der Waals surface area contributed by atoms with Gasteiger partial charge < -0.3 is 9.84 Å². The van der Waals surface area contributed by atoms with E-state index in [-0.39, 0.29) is 11.7 Å². The second-order valence-corrected chi connectivity index (χ2v) is 3.61. The fourth-order valence-electron chi connectivity index (χ4n) is 1.43. The highest BCUT2D eigenvalue weighted by Gasteiger charge is 2.10. The van der Waals surface area contributed by atoms with Gasteiger partial charge in [0.1, 0.15) is 5.75 Å². The van der Waals surface area contributed by atoms with Crippen molar-refractivity contribution in [2.45, 2.75) is 13.3 Å². The van der Waals surface area contributed by atoms with Crippen molar-refractivity contribution in [1.29, 1.82) is 5.26 Å². The zero-order chi connectivity index (χ0) is 12.1. The molecule has 0 saturated carbocycles. The number of benzene rings is 1. The summed E-state index contributed by atoms with van der Waals surface area (Å²) in [7, 11) is 1.28. The highest BCUT2D eigenvalue weighted by Crippen LogP contribution is 2.19. The van der Waals surface area contributed by atoms with E-state index in [0.717, 1.165) is 5.56 Å². The van der Waals surface area contributed by atoms with Gasteiger partial charge in [0, 0.05) is 5.92 Å². The molecule has 4 nitrogen and oxygen atoms in total. The molecule has 1 N–H and O–H groups in total. The van der Waals surface area contributed by atoms with Crippen LogP contribution in [0, 0.1) is 17.2 Å². The molecule has 0 bridgehead atoms. The molecule has 4 heteroatoms. The summed E-state index contributed by atoms with van der Waals surface area (Å²) in [4.78, 5) is 11.3. The Labute approximate surface area is 94.1 Å². The minimum absolute atomic E-state index is 0.00281. The first-order valence-corrected chi connectivity index (χ1v) is 4.87. The Morgan fingerprint density at radius 3 is 2.81 bits per heavy atom. The third-order valence-corrected chi connectivity index (χ3v) is 2.16. The summed E-state index contributed by atoms with van der Waals surface area (Å²) >= 11 is 0. The maximum atomic E-state index is 11.3. The lowest BCUT2D eigenvalue weighted by Crippen LogP contribution is -2.03. The van der Waals surface area contributed by atoms with Gasteiger partial charge in [-0.3, -0.25) is 0 Å². The Kier molecular flexibility index (Phi) is 3.90. The average Bonchev–Trinajstić information content (AvgIpc) is 2.27. The van der Waals surface area contributed by atoms with E-state index < -0.39 is 5.97 Å². The molecule has 1 unspecified atom stereocenters. The van der Waals surface area contributed by atoms with E-state index in [9.17, 15) is 9.90 Å². The number of hydrogen-bond donors (Lipinski definition) is 1. The van der Waals surface area contributed by atoms with Crippen LogP contribution < -0.4 is 0 Å². The van der Waals surface area contributed by atoms with Crippen molar-refractivity contribution in [2.24, 2.45) is 5.92 Å². The smallest absolute Gasteiger partial charge is 0.337 e. The predicted molar refractivity (Wildman–Crippen MR) is 57.9 cm³/mol. The summed E-state index contributed by atoms with van der Waals surface area (Å²) in [5.41, 5.74) is 1.04. The minimum atomic E-state index is -0.498. The second-order valence-electron chi connectivity index (χ2n) is 3.61. The van der Waals surface area contributed by atoms with Gasteiger partial charge in [-0.2, -0.15) is 5.26 Å². The van der Waals surface area contributed by atoms with Crippen molar-refractivity contribution in [1.82, 2.24) is 0 Å². The van der Waals surface area contributed by atoms with E-state index in [1.165, 1.54) is 13.2 Å². The van der Waals surface area contributed by atoms with Gasteiger partial charge in [-0.15, -0.1) is 0 Å². The first-order valence-electron chi connectivity index (χ1n) is 4.87. The van der Waals surface area contributed by atoms with Gasteiger partial charge in [-0.1, -0.05) is 0 Å². The van der Waals surface area contributed by atoms with Crippen molar-refractivity contribution >= 4 is 5.97 Å². The van der Waals surface area contributed by atoms with Crippen molar-refractivity contribution in [3.63, 3.8) is 0 Å². The molecule has 84 valence electrons. The lowest BCUT2D eigenvalue weighted by molar-refractivity contribution is 0.0600. The van der Waals surface area contributed by atoms with Gasteiger partial charge in [0.15, 0.2) is 0 Å². The molecule has 0 heterocycles. The molecule has 0 fully saturated rings. The minimum Gasteiger partial charge on any atom is -0.508 e. The zero-order valence-electron chi connectivity index (χ0n) is 9.23. The molecule has 0 radical (unpaired) electrons. The van der Waals surface area contributed by atoms with Crippen LogP contribution in [-0.2, 0) is 11.2 Å². The number of nitrogens with zero attached hydrogens (tertiary/aromatic N) is 1. The molecule has 0 amide bonds. The van der Waals surface area contributed by atoms with Crippen LogP contribution in [0.15, 0.2) is 18.2 Å². The van der Waals surface area contributed by atoms with Crippen LogP contribution in [0.4, 0.5) is 0 Å². The SMILES string of the molecule is COC(=O)c1cc(O)cc(CC(C)C#N)c1. The van der Waals surface area contributed by atoms with E-state index in [4.69, 9.17) is 5.26 Å². The number of ether oxygens (including phenoxy) is 1. The van der Waals surface area contributed by atoms with Crippen LogP contribution in [0.1, 0.15) is 22.8 Å². The summed E-state index contributed by atoms with van der Waals surface area (Å²) in [5, 5.41) is 18.1. The molecule has 1 atom stereocenters. The van der Waals surface area contributed by atoms with Gasteiger partial charge in [-0.25, -0.2) is 4.79 Å². The average molecular weight is 219 g/mol. The zero-order valence-corrected chi connectivity index (χ0v) is 9.23. The highest BCUT2D eigenvalue weighted by atomic mass is 16.5. The number of phenols is 1. The summed E-state index contributed by atoms with van der Waals surface area (Å²) in [5.74, 6) is -0.655. The number of methoxy groups -OCH3 is 1. The molecule has 1 aromatic carbocycles. The Morgan fingerprint density at radius 2 is 2.25 bits per heavy atom. The largest absolute Gasteiger partial charge is 0.508 e. The number of phenolic OH excluding ortho intramolecular Hbond substituents is 1. The number of nitriles is 1. The Morgan fingerprint density at radius 1 is 1.56 bits per heavy atom. The van der Waals surface area contributed by atoms with Crippen LogP contribution in [0.2, 0.25) is 0 Å². The Hall–Kier alpha value is -2.02. The molecule has 0 aliphatic carbocycles. The Bertz CT molecular complexity index is 434. The molecular formula is C12H13NO3. The lowest BCUT2D eigenvalue weighted by atomic mass is 10.0. The topological polar surface area (TPSA) is 70.3 Å². The monoisotopic (exact) mass is 219 g/mol. The third-order valence-electron chi connectivity index (χ3n) is 2.16. The molecule has 0 saturated heterocycles. The summed E-state index contributed by atoms with van der Waals surface area (Å²) in [6, 6.07) is 6.60. The van der Waals surface area contributed by atoms with Gasteiger partial charge in [-0.05, 0) is 37.1 Å². The van der Waals surface area contributed by atoms with Gasteiger partial charge in [0.2, 0.25) is 0 Å². The quantitative estimate of drug-likeness (QED) is 0.788. The lowest BCUT2D eigenvalue weighted by Gasteiger charge is -2.06. The predicted octanol–water partition coefficient (Wildman–Crippen LogP) is 1.88. The van der Waals surface area contributed by atoms with Crippen LogP contribution in [0.3, 0.4) is 0 Å². The molecule has 0 aliphatic heterocycles. The van der Waals surface area contributed by atoms with Crippen LogP contribution in [0.5, 0.6) is 5.75 Å². The summed E-state index contributed by atoms with van der Waals surface area (Å²) < 4.78 is 4.56. The number of carbonyl (C=O) groups is 1. The van der Waals surface area contributed by atoms with Crippen LogP contribution in [0.25, 0.3) is 0 Å². The second kappa shape index (κ2) is 5.17. The fourth-order valence-corrected chi connectivity index (χ4v) is 1.43. The molecule has 0 spiro atoms. The number of aromatic hydroxyl groups is 1. The van der Waals surface area contributed by atoms with Crippen molar-refractivity contribution in [3.05, 3.63) is 29.3 Å². The summed E-state index contributed by atoms with van der Waals surface area (Å²) in [6.07, 6.45) is 0.495.